The van der Waals surface area contributed by atoms with Gasteiger partial charge in [0.2, 0.25) is 0 Å². The fourth-order valence-corrected chi connectivity index (χ4v) is 6.59. The number of likely N-dealkylation sites (N-methyl/N-ethyl adjacent to an activating group) is 2. The summed E-state index contributed by atoms with van der Waals surface area (Å²) in [5.74, 6) is 0.563. The van der Waals surface area contributed by atoms with E-state index in [9.17, 15) is 4.79 Å². The summed E-state index contributed by atoms with van der Waals surface area (Å²) < 4.78 is 13.2. The average molecular weight is 607 g/mol. The van der Waals surface area contributed by atoms with Crippen molar-refractivity contribution < 1.29 is 14.3 Å². The number of carbonyl (C=O) groups excluding carboxylic acids is 1. The van der Waals surface area contributed by atoms with E-state index >= 15 is 0 Å². The van der Waals surface area contributed by atoms with Gasteiger partial charge in [0.25, 0.3) is 0 Å². The molecule has 34 heavy (non-hydrogen) atoms. The van der Waals surface area contributed by atoms with Crippen LogP contribution in [-0.4, -0.2) is 71.4 Å². The Morgan fingerprint density at radius 3 is 2.35 bits per heavy atom. The summed E-state index contributed by atoms with van der Waals surface area (Å²) in [5.41, 5.74) is 2.72. The summed E-state index contributed by atoms with van der Waals surface area (Å²) >= 11 is 2.41. The van der Waals surface area contributed by atoms with Crippen LogP contribution in [0.1, 0.15) is 89.3 Å². The van der Waals surface area contributed by atoms with Gasteiger partial charge in [0, 0.05) is 51.5 Å². The van der Waals surface area contributed by atoms with Gasteiger partial charge in [0.1, 0.15) is 5.60 Å². The van der Waals surface area contributed by atoms with Gasteiger partial charge in [-0.2, -0.15) is 5.10 Å². The van der Waals surface area contributed by atoms with Crippen LogP contribution in [0.15, 0.2) is 6.20 Å². The molecule has 1 amide bonds. The number of carbonyl (C=O) groups is 1. The van der Waals surface area contributed by atoms with E-state index in [2.05, 4.69) is 44.6 Å². The van der Waals surface area contributed by atoms with Gasteiger partial charge in [-0.1, -0.05) is 0 Å². The van der Waals surface area contributed by atoms with Gasteiger partial charge in [-0.15, -0.1) is 0 Å². The van der Waals surface area contributed by atoms with Gasteiger partial charge in [0.05, 0.1) is 18.2 Å². The molecule has 0 radical (unpaired) electrons. The standard InChI is InChI=1S/C25H44IN4O3P/c1-24(2,3)33-23(31)29(5)16-15-28(4)17-20-18-30(34-26)27-22(20)19-7-11-25(12-8-19)13-9-21(32-6)10-14-25/h18-19,21,34H,7-17H2,1-6H3. The van der Waals surface area contributed by atoms with Crippen LogP contribution in [0.3, 0.4) is 0 Å². The Balaban J connectivity index is 1.55. The molecule has 0 N–H and O–H groups in total. The summed E-state index contributed by atoms with van der Waals surface area (Å²) in [7, 11) is 5.79. The lowest BCUT2D eigenvalue weighted by atomic mass is 9.62. The van der Waals surface area contributed by atoms with E-state index in [0.29, 0.717) is 30.4 Å². The predicted octanol–water partition coefficient (Wildman–Crippen LogP) is 6.21. The number of ether oxygens (including phenoxy) is 2. The number of rotatable bonds is 8. The van der Waals surface area contributed by atoms with E-state index in [1.807, 2.05) is 27.9 Å². The molecule has 0 aliphatic heterocycles. The lowest BCUT2D eigenvalue weighted by Crippen LogP contribution is -2.38. The fraction of sp³-hybridized carbons (Fsp3) is 0.840. The predicted molar refractivity (Wildman–Crippen MR) is 148 cm³/mol. The van der Waals surface area contributed by atoms with E-state index in [4.69, 9.17) is 14.6 Å². The molecule has 1 atom stereocenters. The minimum atomic E-state index is -0.470. The zero-order chi connectivity index (χ0) is 24.9. The van der Waals surface area contributed by atoms with Gasteiger partial charge >= 0.3 is 6.09 Å². The van der Waals surface area contributed by atoms with Crippen LogP contribution in [0.4, 0.5) is 4.79 Å². The summed E-state index contributed by atoms with van der Waals surface area (Å²) in [6.45, 7) is 7.98. The Morgan fingerprint density at radius 1 is 1.18 bits per heavy atom. The molecular weight excluding hydrogens is 562 g/mol. The molecule has 0 aromatic carbocycles. The van der Waals surface area contributed by atoms with Crippen LogP contribution in [0.25, 0.3) is 0 Å². The van der Waals surface area contributed by atoms with Crippen molar-refractivity contribution in [2.45, 2.75) is 96.3 Å². The molecule has 2 fully saturated rings. The van der Waals surface area contributed by atoms with E-state index in [1.54, 1.807) is 11.9 Å². The maximum atomic E-state index is 12.3. The second-order valence-corrected chi connectivity index (χ2v) is 13.5. The molecule has 2 aliphatic rings. The van der Waals surface area contributed by atoms with Gasteiger partial charge in [0.15, 0.2) is 0 Å². The van der Waals surface area contributed by atoms with Crippen LogP contribution in [-0.2, 0) is 16.0 Å². The molecule has 1 aromatic heterocycles. The number of amides is 1. The maximum absolute atomic E-state index is 12.3. The SMILES string of the molecule is COC1CCC2(CC1)CCC(c1nn(PI)cc1CN(C)CCN(C)C(=O)OC(C)(C)C)CC2. The zero-order valence-corrected chi connectivity index (χ0v) is 25.1. The van der Waals surface area contributed by atoms with Crippen LogP contribution in [0.2, 0.25) is 0 Å². The first-order chi connectivity index (χ1) is 16.0. The summed E-state index contributed by atoms with van der Waals surface area (Å²) in [4.78, 5) is 16.2. The van der Waals surface area contributed by atoms with Crippen LogP contribution < -0.4 is 0 Å². The molecule has 1 heterocycles. The quantitative estimate of drug-likeness (QED) is 0.260. The number of hydrogen-bond acceptors (Lipinski definition) is 5. The minimum Gasteiger partial charge on any atom is -0.444 e. The first-order valence-corrected chi connectivity index (χ1v) is 16.7. The zero-order valence-electron chi connectivity index (χ0n) is 21.9. The van der Waals surface area contributed by atoms with Crippen molar-refractivity contribution in [2.75, 3.05) is 34.3 Å². The van der Waals surface area contributed by atoms with Crippen molar-refractivity contribution in [3.8, 4) is 0 Å². The molecule has 7 nitrogen and oxygen atoms in total. The number of halogens is 1. The second kappa shape index (κ2) is 12.2. The number of nitrogens with zero attached hydrogens (tertiary/aromatic N) is 4. The van der Waals surface area contributed by atoms with E-state index in [-0.39, 0.29) is 6.09 Å². The van der Waals surface area contributed by atoms with Gasteiger partial charge < -0.3 is 19.3 Å². The molecule has 0 saturated heterocycles. The third kappa shape index (κ3) is 7.78. The monoisotopic (exact) mass is 606 g/mol. The molecule has 2 saturated carbocycles. The van der Waals surface area contributed by atoms with Crippen molar-refractivity contribution in [3.63, 3.8) is 0 Å². The van der Waals surface area contributed by atoms with Crippen LogP contribution >= 0.6 is 28.4 Å². The van der Waals surface area contributed by atoms with Crippen molar-refractivity contribution in [1.82, 2.24) is 19.4 Å². The average Bonchev–Trinajstić information content (AvgIpc) is 3.20. The third-order valence-electron chi connectivity index (χ3n) is 7.63. The van der Waals surface area contributed by atoms with Crippen LogP contribution in [0, 0.1) is 5.41 Å². The van der Waals surface area contributed by atoms with Gasteiger partial charge in [-0.05, 0) is 107 Å². The molecule has 1 unspecified atom stereocenters. The lowest BCUT2D eigenvalue weighted by Gasteiger charge is -2.44. The largest absolute Gasteiger partial charge is 0.444 e. The third-order valence-corrected chi connectivity index (χ3v) is 9.52. The highest BCUT2D eigenvalue weighted by atomic mass is 127. The van der Waals surface area contributed by atoms with Crippen molar-refractivity contribution in [3.05, 3.63) is 17.5 Å². The van der Waals surface area contributed by atoms with E-state index in [1.165, 1.54) is 62.6 Å². The second-order valence-electron chi connectivity index (χ2n) is 11.4. The Kier molecular flexibility index (Phi) is 10.1. The van der Waals surface area contributed by atoms with E-state index < -0.39 is 5.60 Å². The highest BCUT2D eigenvalue weighted by Crippen LogP contribution is 2.51. The molecule has 1 spiro atoms. The first kappa shape index (κ1) is 28.1. The Bertz CT molecular complexity index is 795. The van der Waals surface area contributed by atoms with Gasteiger partial charge in [-0.25, -0.2) is 9.25 Å². The van der Waals surface area contributed by atoms with Gasteiger partial charge in [-0.3, -0.25) is 0 Å². The van der Waals surface area contributed by atoms with Crippen molar-refractivity contribution >= 4 is 34.5 Å². The maximum Gasteiger partial charge on any atom is 0.410 e. The molecule has 0 bridgehead atoms. The van der Waals surface area contributed by atoms with E-state index in [0.717, 1.165) is 13.1 Å². The molecule has 3 rings (SSSR count). The van der Waals surface area contributed by atoms with Crippen LogP contribution in [0.5, 0.6) is 0 Å². The molecular formula is C25H44IN4O3P. The normalized spacial score (nSPS) is 26.0. The first-order valence-electron chi connectivity index (χ1n) is 12.6. The Labute approximate surface area is 221 Å². The highest BCUT2D eigenvalue weighted by molar-refractivity contribution is 14.2. The summed E-state index contributed by atoms with van der Waals surface area (Å²) in [6.07, 6.45) is 13.3. The topological polar surface area (TPSA) is 59.8 Å². The molecule has 2 aliphatic carbocycles. The highest BCUT2D eigenvalue weighted by Gasteiger charge is 2.39. The Morgan fingerprint density at radius 2 is 1.79 bits per heavy atom. The summed E-state index contributed by atoms with van der Waals surface area (Å²) in [5, 5.41) is 5.02. The fourth-order valence-electron chi connectivity index (χ4n) is 5.50. The molecule has 1 aromatic rings. The number of hydrogen-bond donors (Lipinski definition) is 0. The smallest absolute Gasteiger partial charge is 0.410 e. The Hall–Kier alpha value is -0.440. The molecule has 194 valence electrons. The lowest BCUT2D eigenvalue weighted by molar-refractivity contribution is 0.00891. The summed E-state index contributed by atoms with van der Waals surface area (Å²) in [6, 6.07) is 0. The van der Waals surface area contributed by atoms with Crippen molar-refractivity contribution in [2.24, 2.45) is 5.41 Å². The number of methoxy groups -OCH3 is 1. The van der Waals surface area contributed by atoms with Crippen molar-refractivity contribution in [1.29, 1.82) is 0 Å². The molecule has 9 heteroatoms. The minimum absolute atomic E-state index is 0.267. The number of aromatic nitrogens is 2.